The number of piperidine rings is 1. The second-order valence-electron chi connectivity index (χ2n) is 8.86. The maximum Gasteiger partial charge on any atom is 0.256 e. The Morgan fingerprint density at radius 2 is 1.97 bits per heavy atom. The molecule has 176 valence electrons. The molecule has 0 radical (unpaired) electrons. The molecule has 34 heavy (non-hydrogen) atoms. The van der Waals surface area contributed by atoms with E-state index in [4.69, 9.17) is 16.6 Å². The summed E-state index contributed by atoms with van der Waals surface area (Å²) < 4.78 is 0. The standard InChI is InChI=1S/C24H26ClN7O2/c1-14-6-27-19(8-26-14)9-29-23(34)20-10-30-24(32-11-17-5-18(17)12-32)31-22(20)28-7-15-2-3-16(13-33)21(25)4-15/h2-4,6,8,10,17-18,33H,5,7,9,11-13H2,1H3,(H,29,34)(H,28,30,31). The zero-order valence-corrected chi connectivity index (χ0v) is 19.6. The van der Waals surface area contributed by atoms with Crippen LogP contribution < -0.4 is 15.5 Å². The van der Waals surface area contributed by atoms with Crippen molar-refractivity contribution in [2.45, 2.75) is 33.0 Å². The molecular formula is C24H26ClN7O2. The van der Waals surface area contributed by atoms with Crippen LogP contribution in [0.2, 0.25) is 5.02 Å². The molecule has 1 aromatic carbocycles. The van der Waals surface area contributed by atoms with E-state index in [9.17, 15) is 9.90 Å². The summed E-state index contributed by atoms with van der Waals surface area (Å²) in [4.78, 5) is 32.9. The fraction of sp³-hybridized carbons (Fsp3) is 0.375. The van der Waals surface area contributed by atoms with Crippen LogP contribution in [0.25, 0.3) is 0 Å². The first-order valence-electron chi connectivity index (χ1n) is 11.3. The molecule has 9 nitrogen and oxygen atoms in total. The molecule has 1 saturated carbocycles. The quantitative estimate of drug-likeness (QED) is 0.451. The summed E-state index contributed by atoms with van der Waals surface area (Å²) in [5.74, 6) is 2.27. The van der Waals surface area contributed by atoms with E-state index in [1.54, 1.807) is 30.7 Å². The molecular weight excluding hydrogens is 454 g/mol. The number of hydrogen-bond donors (Lipinski definition) is 3. The number of aliphatic hydroxyl groups is 1. The first kappa shape index (κ1) is 22.5. The van der Waals surface area contributed by atoms with Crippen molar-refractivity contribution < 1.29 is 9.90 Å². The summed E-state index contributed by atoms with van der Waals surface area (Å²) in [6.07, 6.45) is 6.17. The molecule has 3 heterocycles. The van der Waals surface area contributed by atoms with Crippen molar-refractivity contribution >= 4 is 29.3 Å². The molecule has 1 amide bonds. The lowest BCUT2D eigenvalue weighted by atomic mass is 10.1. The first-order valence-corrected chi connectivity index (χ1v) is 11.7. The third-order valence-electron chi connectivity index (χ3n) is 6.29. The minimum Gasteiger partial charge on any atom is -0.392 e. The Balaban J connectivity index is 1.34. The van der Waals surface area contributed by atoms with Crippen LogP contribution in [0.4, 0.5) is 11.8 Å². The van der Waals surface area contributed by atoms with Crippen LogP contribution in [0, 0.1) is 18.8 Å². The Kier molecular flexibility index (Phi) is 6.30. The second-order valence-corrected chi connectivity index (χ2v) is 9.27. The summed E-state index contributed by atoms with van der Waals surface area (Å²) in [5.41, 5.74) is 3.41. The van der Waals surface area contributed by atoms with Crippen molar-refractivity contribution in [3.8, 4) is 0 Å². The molecule has 1 saturated heterocycles. The second kappa shape index (κ2) is 9.52. The van der Waals surface area contributed by atoms with Crippen LogP contribution in [0.5, 0.6) is 0 Å². The van der Waals surface area contributed by atoms with Gasteiger partial charge in [0.1, 0.15) is 11.4 Å². The summed E-state index contributed by atoms with van der Waals surface area (Å²) >= 11 is 6.24. The number of hydrogen-bond acceptors (Lipinski definition) is 8. The van der Waals surface area contributed by atoms with Crippen molar-refractivity contribution in [2.75, 3.05) is 23.3 Å². The fourth-order valence-corrected chi connectivity index (χ4v) is 4.44. The molecule has 5 rings (SSSR count). The van der Waals surface area contributed by atoms with Crippen LogP contribution in [0.15, 0.2) is 36.8 Å². The minimum absolute atomic E-state index is 0.116. The Labute approximate surface area is 202 Å². The van der Waals surface area contributed by atoms with Gasteiger partial charge in [0.25, 0.3) is 5.91 Å². The van der Waals surface area contributed by atoms with Gasteiger partial charge in [-0.25, -0.2) is 4.98 Å². The lowest BCUT2D eigenvalue weighted by Gasteiger charge is -2.20. The summed E-state index contributed by atoms with van der Waals surface area (Å²) in [6, 6.07) is 5.47. The van der Waals surface area contributed by atoms with Crippen LogP contribution in [0.3, 0.4) is 0 Å². The number of carbonyl (C=O) groups is 1. The SMILES string of the molecule is Cc1cnc(CNC(=O)c2cnc(N3CC4CC4C3)nc2NCc2ccc(CO)c(Cl)c2)cn1. The van der Waals surface area contributed by atoms with Gasteiger partial charge in [-0.05, 0) is 42.4 Å². The molecule has 2 aliphatic rings. The van der Waals surface area contributed by atoms with E-state index in [0.717, 1.165) is 36.2 Å². The fourth-order valence-electron chi connectivity index (χ4n) is 4.18. The van der Waals surface area contributed by atoms with E-state index in [-0.39, 0.29) is 19.1 Å². The third kappa shape index (κ3) is 4.95. The number of halogens is 1. The lowest BCUT2D eigenvalue weighted by molar-refractivity contribution is 0.0950. The summed E-state index contributed by atoms with van der Waals surface area (Å²) in [6.45, 7) is 4.33. The number of nitrogens with one attached hydrogen (secondary N) is 2. The van der Waals surface area contributed by atoms with Gasteiger partial charge in [0, 0.05) is 37.1 Å². The number of rotatable bonds is 8. The van der Waals surface area contributed by atoms with Crippen LogP contribution in [-0.4, -0.2) is 44.0 Å². The Morgan fingerprint density at radius 1 is 1.15 bits per heavy atom. The molecule has 0 spiro atoms. The van der Waals surface area contributed by atoms with Crippen molar-refractivity contribution in [1.29, 1.82) is 0 Å². The summed E-state index contributed by atoms with van der Waals surface area (Å²) in [7, 11) is 0. The molecule has 2 atom stereocenters. The maximum atomic E-state index is 13.0. The Hall–Kier alpha value is -3.30. The molecule has 2 fully saturated rings. The van der Waals surface area contributed by atoms with E-state index < -0.39 is 0 Å². The highest BCUT2D eigenvalue weighted by atomic mass is 35.5. The predicted molar refractivity (Wildman–Crippen MR) is 128 cm³/mol. The highest BCUT2D eigenvalue weighted by Crippen LogP contribution is 2.45. The first-order chi connectivity index (χ1) is 16.5. The van der Waals surface area contributed by atoms with Gasteiger partial charge in [-0.15, -0.1) is 0 Å². The minimum atomic E-state index is -0.297. The highest BCUT2D eigenvalue weighted by molar-refractivity contribution is 6.31. The molecule has 1 aliphatic carbocycles. The average Bonchev–Trinajstić information content (AvgIpc) is 3.46. The number of amides is 1. The zero-order chi connectivity index (χ0) is 23.7. The number of benzene rings is 1. The smallest absolute Gasteiger partial charge is 0.256 e. The molecule has 10 heteroatoms. The van der Waals surface area contributed by atoms with Crippen molar-refractivity contribution in [1.82, 2.24) is 25.3 Å². The molecule has 2 unspecified atom stereocenters. The van der Waals surface area contributed by atoms with E-state index in [2.05, 4.69) is 30.5 Å². The van der Waals surface area contributed by atoms with Crippen molar-refractivity contribution in [3.63, 3.8) is 0 Å². The van der Waals surface area contributed by atoms with Crippen LogP contribution in [0.1, 0.15) is 39.3 Å². The van der Waals surface area contributed by atoms with E-state index in [0.29, 0.717) is 40.2 Å². The average molecular weight is 480 g/mol. The van der Waals surface area contributed by atoms with E-state index >= 15 is 0 Å². The number of anilines is 2. The number of fused-ring (bicyclic) bond motifs is 1. The Bertz CT molecular complexity index is 1190. The third-order valence-corrected chi connectivity index (χ3v) is 6.65. The van der Waals surface area contributed by atoms with Crippen LogP contribution >= 0.6 is 11.6 Å². The monoisotopic (exact) mass is 479 g/mol. The highest BCUT2D eigenvalue weighted by Gasteiger charge is 2.45. The predicted octanol–water partition coefficient (Wildman–Crippen LogP) is 2.72. The van der Waals surface area contributed by atoms with Crippen molar-refractivity contribution in [3.05, 3.63) is 69.9 Å². The number of aryl methyl sites for hydroxylation is 1. The maximum absolute atomic E-state index is 13.0. The van der Waals surface area contributed by atoms with Gasteiger partial charge in [-0.2, -0.15) is 4.98 Å². The number of aromatic nitrogens is 4. The van der Waals surface area contributed by atoms with Gasteiger partial charge < -0.3 is 20.6 Å². The van der Waals surface area contributed by atoms with Gasteiger partial charge >= 0.3 is 0 Å². The van der Waals surface area contributed by atoms with Gasteiger partial charge in [-0.1, -0.05) is 23.7 Å². The number of carbonyl (C=O) groups excluding carboxylic acids is 1. The molecule has 3 N–H and O–H groups in total. The normalized spacial score (nSPS) is 18.5. The molecule has 1 aliphatic heterocycles. The number of aliphatic hydroxyl groups excluding tert-OH is 1. The van der Waals surface area contributed by atoms with Gasteiger partial charge in [0.05, 0.1) is 30.7 Å². The van der Waals surface area contributed by atoms with E-state index in [1.165, 1.54) is 6.42 Å². The summed E-state index contributed by atoms with van der Waals surface area (Å²) in [5, 5.41) is 16.0. The van der Waals surface area contributed by atoms with Crippen LogP contribution in [-0.2, 0) is 19.7 Å². The molecule has 3 aromatic rings. The van der Waals surface area contributed by atoms with Gasteiger partial charge in [0.2, 0.25) is 5.95 Å². The topological polar surface area (TPSA) is 116 Å². The number of nitrogens with zero attached hydrogens (tertiary/aromatic N) is 5. The molecule has 0 bridgehead atoms. The van der Waals surface area contributed by atoms with E-state index in [1.807, 2.05) is 13.0 Å². The zero-order valence-electron chi connectivity index (χ0n) is 18.8. The lowest BCUT2D eigenvalue weighted by Crippen LogP contribution is -2.28. The van der Waals surface area contributed by atoms with Crippen molar-refractivity contribution in [2.24, 2.45) is 11.8 Å². The van der Waals surface area contributed by atoms with Gasteiger partial charge in [0.15, 0.2) is 0 Å². The van der Waals surface area contributed by atoms with Gasteiger partial charge in [-0.3, -0.25) is 14.8 Å². The Morgan fingerprint density at radius 3 is 2.68 bits per heavy atom. The molecule has 2 aromatic heterocycles. The largest absolute Gasteiger partial charge is 0.392 e.